The van der Waals surface area contributed by atoms with Gasteiger partial charge in [-0.1, -0.05) is 70.4 Å². The molecule has 21 heavy (non-hydrogen) atoms. The standard InChI is InChI=1S/C18H34O2.Cr/c1-2-3-4-5-6-7-8-9-10-11-12-13-14-15-16-17-18(19)20;/h9-10H,2-8,11-17H2,1H3,(H,19,20);/b10-9-;. The van der Waals surface area contributed by atoms with Crippen molar-refractivity contribution in [3.05, 3.63) is 12.2 Å². The summed E-state index contributed by atoms with van der Waals surface area (Å²) in [6.45, 7) is 2.26. The molecular weight excluding hydrogens is 300 g/mol. The molecule has 2 nitrogen and oxygen atoms in total. The Balaban J connectivity index is 0. The van der Waals surface area contributed by atoms with Crippen LogP contribution in [0.5, 0.6) is 0 Å². The molecule has 0 rings (SSSR count). The van der Waals surface area contributed by atoms with E-state index in [-0.39, 0.29) is 17.4 Å². The SMILES string of the molecule is CCCCCCCC/C=C\CCCCCCCC(=O)O.[Cr]. The Labute approximate surface area is 142 Å². The van der Waals surface area contributed by atoms with Gasteiger partial charge in [0.05, 0.1) is 0 Å². The van der Waals surface area contributed by atoms with Gasteiger partial charge in [-0.25, -0.2) is 0 Å². The predicted molar refractivity (Wildman–Crippen MR) is 87.1 cm³/mol. The van der Waals surface area contributed by atoms with Gasteiger partial charge in [0.25, 0.3) is 0 Å². The predicted octanol–water partition coefficient (Wildman–Crippen LogP) is 6.11. The molecular formula is C18H34CrO2. The van der Waals surface area contributed by atoms with Gasteiger partial charge in [-0.2, -0.15) is 0 Å². The van der Waals surface area contributed by atoms with Crippen LogP contribution in [0, 0.1) is 0 Å². The minimum absolute atomic E-state index is 0. The van der Waals surface area contributed by atoms with Crippen molar-refractivity contribution in [2.24, 2.45) is 0 Å². The Morgan fingerprint density at radius 1 is 0.762 bits per heavy atom. The van der Waals surface area contributed by atoms with Crippen molar-refractivity contribution in [2.75, 3.05) is 0 Å². The molecule has 0 unspecified atom stereocenters. The van der Waals surface area contributed by atoms with Crippen LogP contribution in [0.4, 0.5) is 0 Å². The third kappa shape index (κ3) is 22.2. The molecule has 0 aromatic heterocycles. The number of unbranched alkanes of at least 4 members (excludes halogenated alkanes) is 11. The summed E-state index contributed by atoms with van der Waals surface area (Å²) < 4.78 is 0. The van der Waals surface area contributed by atoms with Gasteiger partial charge in [0.1, 0.15) is 0 Å². The molecule has 124 valence electrons. The smallest absolute Gasteiger partial charge is 0.303 e. The van der Waals surface area contributed by atoms with Gasteiger partial charge in [-0.05, 0) is 32.1 Å². The first kappa shape index (κ1) is 23.0. The second-order valence-electron chi connectivity index (χ2n) is 5.73. The minimum atomic E-state index is -0.664. The summed E-state index contributed by atoms with van der Waals surface area (Å²) in [6, 6.07) is 0. The number of carboxylic acids is 1. The largest absolute Gasteiger partial charge is 0.481 e. The molecule has 0 aliphatic carbocycles. The fraction of sp³-hybridized carbons (Fsp3) is 0.833. The molecule has 0 aromatic rings. The summed E-state index contributed by atoms with van der Waals surface area (Å²) >= 11 is 0. The van der Waals surface area contributed by atoms with Crippen LogP contribution in [0.3, 0.4) is 0 Å². The third-order valence-electron chi connectivity index (χ3n) is 3.65. The number of aliphatic carboxylic acids is 1. The van der Waals surface area contributed by atoms with E-state index in [4.69, 9.17) is 5.11 Å². The van der Waals surface area contributed by atoms with Crippen molar-refractivity contribution in [3.63, 3.8) is 0 Å². The Hall–Kier alpha value is -0.258. The number of allylic oxidation sites excluding steroid dienone is 2. The molecule has 0 radical (unpaired) electrons. The molecule has 0 bridgehead atoms. The fourth-order valence-electron chi connectivity index (χ4n) is 2.35. The topological polar surface area (TPSA) is 37.3 Å². The molecule has 0 aromatic carbocycles. The summed E-state index contributed by atoms with van der Waals surface area (Å²) in [5, 5.41) is 8.51. The Morgan fingerprint density at radius 3 is 1.67 bits per heavy atom. The molecule has 0 spiro atoms. The molecule has 0 fully saturated rings. The van der Waals surface area contributed by atoms with E-state index < -0.39 is 5.97 Å². The van der Waals surface area contributed by atoms with Crippen LogP contribution in [0.25, 0.3) is 0 Å². The van der Waals surface area contributed by atoms with E-state index in [0.29, 0.717) is 6.42 Å². The van der Waals surface area contributed by atoms with Crippen LogP contribution < -0.4 is 0 Å². The van der Waals surface area contributed by atoms with Crippen molar-refractivity contribution in [1.82, 2.24) is 0 Å². The third-order valence-corrected chi connectivity index (χ3v) is 3.65. The summed E-state index contributed by atoms with van der Waals surface area (Å²) in [7, 11) is 0. The maximum absolute atomic E-state index is 10.3. The summed E-state index contributed by atoms with van der Waals surface area (Å²) in [5.41, 5.74) is 0. The van der Waals surface area contributed by atoms with Gasteiger partial charge in [0.15, 0.2) is 0 Å². The molecule has 0 saturated carbocycles. The van der Waals surface area contributed by atoms with E-state index in [9.17, 15) is 4.79 Å². The summed E-state index contributed by atoms with van der Waals surface area (Å²) in [5.74, 6) is -0.664. The molecule has 0 aliphatic rings. The summed E-state index contributed by atoms with van der Waals surface area (Å²) in [6.07, 6.45) is 21.2. The Morgan fingerprint density at radius 2 is 1.19 bits per heavy atom. The zero-order valence-electron chi connectivity index (χ0n) is 13.8. The summed E-state index contributed by atoms with van der Waals surface area (Å²) in [4.78, 5) is 10.3. The maximum atomic E-state index is 10.3. The van der Waals surface area contributed by atoms with Crippen LogP contribution >= 0.6 is 0 Å². The van der Waals surface area contributed by atoms with E-state index in [1.54, 1.807) is 0 Å². The van der Waals surface area contributed by atoms with E-state index >= 15 is 0 Å². The number of rotatable bonds is 15. The molecule has 1 N–H and O–H groups in total. The zero-order chi connectivity index (χ0) is 14.9. The molecule has 0 amide bonds. The average molecular weight is 334 g/mol. The molecule has 3 heteroatoms. The minimum Gasteiger partial charge on any atom is -0.481 e. The van der Waals surface area contributed by atoms with Crippen LogP contribution in [0.1, 0.15) is 96.8 Å². The van der Waals surface area contributed by atoms with E-state index in [0.717, 1.165) is 12.8 Å². The van der Waals surface area contributed by atoms with E-state index in [1.807, 2.05) is 0 Å². The number of hydrogen-bond donors (Lipinski definition) is 1. The van der Waals surface area contributed by atoms with Gasteiger partial charge in [0.2, 0.25) is 0 Å². The molecule has 0 atom stereocenters. The fourth-order valence-corrected chi connectivity index (χ4v) is 2.35. The molecule has 0 saturated heterocycles. The Kier molecular flexibility index (Phi) is 21.6. The first-order valence-electron chi connectivity index (χ1n) is 8.64. The quantitative estimate of drug-likeness (QED) is 0.290. The van der Waals surface area contributed by atoms with Crippen molar-refractivity contribution in [2.45, 2.75) is 96.8 Å². The van der Waals surface area contributed by atoms with E-state index in [1.165, 1.54) is 70.6 Å². The van der Waals surface area contributed by atoms with Crippen LogP contribution in [-0.4, -0.2) is 11.1 Å². The second-order valence-corrected chi connectivity index (χ2v) is 5.73. The van der Waals surface area contributed by atoms with E-state index in [2.05, 4.69) is 19.1 Å². The van der Waals surface area contributed by atoms with Crippen LogP contribution in [-0.2, 0) is 22.2 Å². The monoisotopic (exact) mass is 334 g/mol. The second kappa shape index (κ2) is 19.7. The van der Waals surface area contributed by atoms with Crippen molar-refractivity contribution in [3.8, 4) is 0 Å². The normalized spacial score (nSPS) is 10.7. The van der Waals surface area contributed by atoms with Crippen molar-refractivity contribution >= 4 is 5.97 Å². The van der Waals surface area contributed by atoms with Crippen molar-refractivity contribution < 1.29 is 27.3 Å². The number of hydrogen-bond acceptors (Lipinski definition) is 1. The first-order chi connectivity index (χ1) is 9.77. The molecule has 0 heterocycles. The van der Waals surface area contributed by atoms with Gasteiger partial charge < -0.3 is 5.11 Å². The Bertz CT molecular complexity index is 239. The van der Waals surface area contributed by atoms with Gasteiger partial charge in [-0.3, -0.25) is 4.79 Å². The zero-order valence-corrected chi connectivity index (χ0v) is 15.1. The number of carbonyl (C=O) groups is 1. The first-order valence-corrected chi connectivity index (χ1v) is 8.64. The maximum Gasteiger partial charge on any atom is 0.303 e. The van der Waals surface area contributed by atoms with Crippen molar-refractivity contribution in [1.29, 1.82) is 0 Å². The van der Waals surface area contributed by atoms with Gasteiger partial charge >= 0.3 is 5.97 Å². The van der Waals surface area contributed by atoms with Gasteiger partial charge in [-0.15, -0.1) is 0 Å². The van der Waals surface area contributed by atoms with Gasteiger partial charge in [0, 0.05) is 23.8 Å². The van der Waals surface area contributed by atoms with Crippen LogP contribution in [0.2, 0.25) is 0 Å². The number of carboxylic acid groups (broad SMARTS) is 1. The van der Waals surface area contributed by atoms with Crippen LogP contribution in [0.15, 0.2) is 12.2 Å². The molecule has 0 aliphatic heterocycles. The average Bonchev–Trinajstić information content (AvgIpc) is 2.43.